The number of primary amides is 1. The molecule has 0 atom stereocenters. The van der Waals surface area contributed by atoms with Gasteiger partial charge in [-0.3, -0.25) is 4.79 Å². The zero-order valence-electron chi connectivity index (χ0n) is 10.8. The molecule has 0 unspecified atom stereocenters. The average Bonchev–Trinajstić information content (AvgIpc) is 2.38. The molecule has 1 aromatic carbocycles. The third-order valence-corrected chi connectivity index (χ3v) is 6.31. The summed E-state index contributed by atoms with van der Waals surface area (Å²) in [5, 5.41) is 0. The highest BCUT2D eigenvalue weighted by molar-refractivity contribution is 9.10. The summed E-state index contributed by atoms with van der Waals surface area (Å²) in [6.45, 7) is 0.597. The van der Waals surface area contributed by atoms with Gasteiger partial charge in [0.05, 0.1) is 4.90 Å². The Morgan fingerprint density at radius 1 is 1.30 bits per heavy atom. The molecule has 1 saturated heterocycles. The first-order valence-electron chi connectivity index (χ1n) is 6.17. The van der Waals surface area contributed by atoms with Gasteiger partial charge in [0, 0.05) is 29.2 Å². The monoisotopic (exact) mass is 361 g/mol. The maximum atomic E-state index is 12.5. The second-order valence-electron chi connectivity index (χ2n) is 4.77. The normalized spacial score (nSPS) is 18.1. The number of anilines is 1. The van der Waals surface area contributed by atoms with Crippen LogP contribution in [-0.4, -0.2) is 31.7 Å². The molecule has 0 aliphatic carbocycles. The van der Waals surface area contributed by atoms with E-state index in [1.54, 1.807) is 12.1 Å². The number of amides is 1. The third-order valence-electron chi connectivity index (χ3n) is 3.43. The SMILES string of the molecule is NC(=O)C1CCN(S(=O)(=O)c2ccc(N)cc2Br)CC1. The predicted molar refractivity (Wildman–Crippen MR) is 79.2 cm³/mol. The van der Waals surface area contributed by atoms with Crippen LogP contribution in [0.1, 0.15) is 12.8 Å². The van der Waals surface area contributed by atoms with Gasteiger partial charge in [-0.15, -0.1) is 0 Å². The molecule has 1 heterocycles. The Morgan fingerprint density at radius 3 is 2.40 bits per heavy atom. The second-order valence-corrected chi connectivity index (χ2v) is 7.53. The molecular formula is C12H16BrN3O3S. The number of nitrogen functional groups attached to an aromatic ring is 1. The standard InChI is InChI=1S/C12H16BrN3O3S/c13-10-7-9(14)1-2-11(10)20(18,19)16-5-3-8(4-6-16)12(15)17/h1-2,7-8H,3-6,14H2,(H2,15,17). The molecule has 1 fully saturated rings. The fraction of sp³-hybridized carbons (Fsp3) is 0.417. The van der Waals surface area contributed by atoms with Crippen LogP contribution in [0.5, 0.6) is 0 Å². The van der Waals surface area contributed by atoms with Crippen LogP contribution >= 0.6 is 15.9 Å². The lowest BCUT2D eigenvalue weighted by Gasteiger charge is -2.30. The Balaban J connectivity index is 2.22. The van der Waals surface area contributed by atoms with Gasteiger partial charge in [0.2, 0.25) is 15.9 Å². The van der Waals surface area contributed by atoms with Gasteiger partial charge in [-0.25, -0.2) is 8.42 Å². The van der Waals surface area contributed by atoms with Crippen molar-refractivity contribution >= 4 is 37.5 Å². The van der Waals surface area contributed by atoms with Crippen molar-refractivity contribution in [2.75, 3.05) is 18.8 Å². The van der Waals surface area contributed by atoms with E-state index in [4.69, 9.17) is 11.5 Å². The van der Waals surface area contributed by atoms with E-state index < -0.39 is 10.0 Å². The molecule has 0 radical (unpaired) electrons. The van der Waals surface area contributed by atoms with E-state index in [1.807, 2.05) is 0 Å². The first-order chi connectivity index (χ1) is 9.32. The Kier molecular flexibility index (Phi) is 4.36. The number of carbonyl (C=O) groups excluding carboxylic acids is 1. The van der Waals surface area contributed by atoms with Crippen molar-refractivity contribution in [2.45, 2.75) is 17.7 Å². The van der Waals surface area contributed by atoms with Crippen LogP contribution in [0.4, 0.5) is 5.69 Å². The summed E-state index contributed by atoms with van der Waals surface area (Å²) in [7, 11) is -3.58. The number of halogens is 1. The highest BCUT2D eigenvalue weighted by atomic mass is 79.9. The van der Waals surface area contributed by atoms with Crippen molar-refractivity contribution in [2.24, 2.45) is 11.7 Å². The molecule has 4 N–H and O–H groups in total. The van der Waals surface area contributed by atoms with Gasteiger partial charge in [0.15, 0.2) is 0 Å². The molecule has 0 saturated carbocycles. The zero-order chi connectivity index (χ0) is 14.9. The lowest BCUT2D eigenvalue weighted by atomic mass is 9.98. The number of sulfonamides is 1. The van der Waals surface area contributed by atoms with Gasteiger partial charge in [-0.05, 0) is 47.0 Å². The van der Waals surface area contributed by atoms with E-state index in [2.05, 4.69) is 15.9 Å². The molecule has 0 spiro atoms. The number of nitrogens with two attached hydrogens (primary N) is 2. The van der Waals surface area contributed by atoms with Gasteiger partial charge in [-0.1, -0.05) is 0 Å². The molecule has 8 heteroatoms. The van der Waals surface area contributed by atoms with Crippen molar-refractivity contribution in [3.63, 3.8) is 0 Å². The number of hydrogen-bond donors (Lipinski definition) is 2. The summed E-state index contributed by atoms with van der Waals surface area (Å²) < 4.78 is 26.9. The van der Waals surface area contributed by atoms with Crippen LogP contribution in [0.15, 0.2) is 27.6 Å². The van der Waals surface area contributed by atoms with Crippen molar-refractivity contribution in [3.8, 4) is 0 Å². The molecule has 1 aromatic rings. The van der Waals surface area contributed by atoms with E-state index in [0.717, 1.165) is 0 Å². The van der Waals surface area contributed by atoms with Crippen molar-refractivity contribution < 1.29 is 13.2 Å². The minimum atomic E-state index is -3.58. The molecule has 1 amide bonds. The van der Waals surface area contributed by atoms with Gasteiger partial charge < -0.3 is 11.5 Å². The Morgan fingerprint density at radius 2 is 1.90 bits per heavy atom. The quantitative estimate of drug-likeness (QED) is 0.780. The van der Waals surface area contributed by atoms with Crippen LogP contribution in [0.3, 0.4) is 0 Å². The van der Waals surface area contributed by atoms with Crippen molar-refractivity contribution in [1.82, 2.24) is 4.31 Å². The number of carbonyl (C=O) groups is 1. The van der Waals surface area contributed by atoms with E-state index in [0.29, 0.717) is 36.1 Å². The van der Waals surface area contributed by atoms with Gasteiger partial charge in [0.25, 0.3) is 0 Å². The number of benzene rings is 1. The molecular weight excluding hydrogens is 346 g/mol. The summed E-state index contributed by atoms with van der Waals surface area (Å²) >= 11 is 3.22. The summed E-state index contributed by atoms with van der Waals surface area (Å²) in [5.74, 6) is -0.605. The average molecular weight is 362 g/mol. The van der Waals surface area contributed by atoms with E-state index >= 15 is 0 Å². The highest BCUT2D eigenvalue weighted by Gasteiger charge is 2.32. The fourth-order valence-electron chi connectivity index (χ4n) is 2.25. The van der Waals surface area contributed by atoms with Gasteiger partial charge >= 0.3 is 0 Å². The number of nitrogens with zero attached hydrogens (tertiary/aromatic N) is 1. The largest absolute Gasteiger partial charge is 0.399 e. The number of rotatable bonds is 3. The molecule has 20 heavy (non-hydrogen) atoms. The molecule has 2 rings (SSSR count). The summed E-state index contributed by atoms with van der Waals surface area (Å²) in [6.07, 6.45) is 0.919. The van der Waals surface area contributed by atoms with Gasteiger partial charge in [-0.2, -0.15) is 4.31 Å². The second kappa shape index (κ2) is 5.71. The number of hydrogen-bond acceptors (Lipinski definition) is 4. The zero-order valence-corrected chi connectivity index (χ0v) is 13.2. The van der Waals surface area contributed by atoms with Crippen LogP contribution in [0.25, 0.3) is 0 Å². The van der Waals surface area contributed by atoms with Crippen molar-refractivity contribution in [3.05, 3.63) is 22.7 Å². The summed E-state index contributed by atoms with van der Waals surface area (Å²) in [6, 6.07) is 4.59. The smallest absolute Gasteiger partial charge is 0.244 e. The minimum Gasteiger partial charge on any atom is -0.399 e. The Bertz CT molecular complexity index is 625. The van der Waals surface area contributed by atoms with Gasteiger partial charge in [0.1, 0.15) is 0 Å². The molecule has 0 bridgehead atoms. The van der Waals surface area contributed by atoms with Crippen molar-refractivity contribution in [1.29, 1.82) is 0 Å². The molecule has 1 aliphatic heterocycles. The predicted octanol–water partition coefficient (Wildman–Crippen LogP) is 0.917. The summed E-state index contributed by atoms with van der Waals surface area (Å²) in [5.41, 5.74) is 11.3. The molecule has 1 aliphatic rings. The lowest BCUT2D eigenvalue weighted by molar-refractivity contribution is -0.122. The highest BCUT2D eigenvalue weighted by Crippen LogP contribution is 2.29. The van der Waals surface area contributed by atoms with Crippen LogP contribution in [-0.2, 0) is 14.8 Å². The van der Waals surface area contributed by atoms with E-state index in [-0.39, 0.29) is 16.7 Å². The van der Waals surface area contributed by atoms with Crippen LogP contribution < -0.4 is 11.5 Å². The van der Waals surface area contributed by atoms with E-state index in [9.17, 15) is 13.2 Å². The lowest BCUT2D eigenvalue weighted by Crippen LogP contribution is -2.41. The summed E-state index contributed by atoms with van der Waals surface area (Å²) in [4.78, 5) is 11.3. The first kappa shape index (κ1) is 15.3. The Hall–Kier alpha value is -1.12. The molecule has 6 nitrogen and oxygen atoms in total. The maximum absolute atomic E-state index is 12.5. The molecule has 110 valence electrons. The topological polar surface area (TPSA) is 106 Å². The molecule has 0 aromatic heterocycles. The van der Waals surface area contributed by atoms with Crippen LogP contribution in [0.2, 0.25) is 0 Å². The van der Waals surface area contributed by atoms with Crippen LogP contribution in [0, 0.1) is 5.92 Å². The third kappa shape index (κ3) is 2.97. The maximum Gasteiger partial charge on any atom is 0.244 e. The fourth-order valence-corrected chi connectivity index (χ4v) is 4.77. The Labute approximate surface area is 126 Å². The van der Waals surface area contributed by atoms with E-state index in [1.165, 1.54) is 10.4 Å². The minimum absolute atomic E-state index is 0.184. The number of piperidine rings is 1. The first-order valence-corrected chi connectivity index (χ1v) is 8.40.